The number of aromatic nitrogens is 2. The Morgan fingerprint density at radius 3 is 2.00 bits per heavy atom. The van der Waals surface area contributed by atoms with Gasteiger partial charge < -0.3 is 14.4 Å². The summed E-state index contributed by atoms with van der Waals surface area (Å²) in [7, 11) is 3.23. The second kappa shape index (κ2) is 13.3. The number of hydrogen-bond donors (Lipinski definition) is 0. The standard InChI is InChI=1S/C35H35N3O4/c1-4-31(33-36-30-18-12-11-17-29(30)34(39)38(33)27-19-21-28(42-3)22-20-27)37(23-24-41-2)35(40)32(25-13-7-5-8-14-25)26-15-9-6-10-16-26/h5-22,31-32H,4,23-24H2,1-3H3. The van der Waals surface area contributed by atoms with E-state index in [0.717, 1.165) is 11.1 Å². The lowest BCUT2D eigenvalue weighted by atomic mass is 9.89. The van der Waals surface area contributed by atoms with Crippen LogP contribution < -0.4 is 10.3 Å². The van der Waals surface area contributed by atoms with Crippen molar-refractivity contribution in [3.05, 3.63) is 136 Å². The molecule has 7 heteroatoms. The van der Waals surface area contributed by atoms with Crippen molar-refractivity contribution in [2.75, 3.05) is 27.4 Å². The highest BCUT2D eigenvalue weighted by Crippen LogP contribution is 2.33. The summed E-state index contributed by atoms with van der Waals surface area (Å²) in [6, 6.07) is 33.7. The summed E-state index contributed by atoms with van der Waals surface area (Å²) in [5.41, 5.74) is 2.83. The van der Waals surface area contributed by atoms with Crippen LogP contribution in [0.3, 0.4) is 0 Å². The van der Waals surface area contributed by atoms with Gasteiger partial charge in [0.15, 0.2) is 0 Å². The van der Waals surface area contributed by atoms with Crippen LogP contribution in [0.1, 0.15) is 42.3 Å². The van der Waals surface area contributed by atoms with Gasteiger partial charge >= 0.3 is 0 Å². The van der Waals surface area contributed by atoms with E-state index in [2.05, 4.69) is 0 Å². The van der Waals surface area contributed by atoms with Crippen LogP contribution in [-0.4, -0.2) is 47.7 Å². The molecule has 0 aliphatic rings. The van der Waals surface area contributed by atoms with Gasteiger partial charge in [0.05, 0.1) is 42.3 Å². The average molecular weight is 562 g/mol. The van der Waals surface area contributed by atoms with Crippen molar-refractivity contribution in [1.82, 2.24) is 14.5 Å². The molecule has 0 radical (unpaired) electrons. The van der Waals surface area contributed by atoms with Gasteiger partial charge in [0.2, 0.25) is 5.91 Å². The van der Waals surface area contributed by atoms with Gasteiger partial charge in [-0.25, -0.2) is 4.98 Å². The SMILES string of the molecule is CCC(c1nc2ccccc2c(=O)n1-c1ccc(OC)cc1)N(CCOC)C(=O)C(c1ccccc1)c1ccccc1. The molecule has 0 aliphatic heterocycles. The van der Waals surface area contributed by atoms with Crippen molar-refractivity contribution >= 4 is 16.8 Å². The van der Waals surface area contributed by atoms with E-state index >= 15 is 0 Å². The number of methoxy groups -OCH3 is 2. The van der Waals surface area contributed by atoms with Crippen molar-refractivity contribution in [2.24, 2.45) is 0 Å². The van der Waals surface area contributed by atoms with E-state index in [9.17, 15) is 9.59 Å². The van der Waals surface area contributed by atoms with E-state index in [1.807, 2.05) is 115 Å². The van der Waals surface area contributed by atoms with Gasteiger partial charge in [-0.2, -0.15) is 0 Å². The number of fused-ring (bicyclic) bond motifs is 1. The Kier molecular flexibility index (Phi) is 9.09. The van der Waals surface area contributed by atoms with Crippen LogP contribution in [0.2, 0.25) is 0 Å². The molecule has 4 aromatic carbocycles. The molecule has 0 bridgehead atoms. The van der Waals surface area contributed by atoms with Gasteiger partial charge in [-0.05, 0) is 53.9 Å². The molecule has 5 aromatic rings. The molecule has 1 atom stereocenters. The minimum absolute atomic E-state index is 0.0833. The van der Waals surface area contributed by atoms with Gasteiger partial charge in [-0.1, -0.05) is 79.7 Å². The maximum absolute atomic E-state index is 14.7. The second-order valence-electron chi connectivity index (χ2n) is 10.0. The fraction of sp³-hybridized carbons (Fsp3) is 0.229. The lowest BCUT2D eigenvalue weighted by Gasteiger charge is -2.35. The topological polar surface area (TPSA) is 73.7 Å². The molecule has 0 aliphatic carbocycles. The van der Waals surface area contributed by atoms with Crippen molar-refractivity contribution in [3.8, 4) is 11.4 Å². The van der Waals surface area contributed by atoms with Crippen molar-refractivity contribution < 1.29 is 14.3 Å². The van der Waals surface area contributed by atoms with E-state index in [1.165, 1.54) is 0 Å². The third-order valence-electron chi connectivity index (χ3n) is 7.53. The van der Waals surface area contributed by atoms with Crippen molar-refractivity contribution in [3.63, 3.8) is 0 Å². The first-order chi connectivity index (χ1) is 20.6. The van der Waals surface area contributed by atoms with E-state index < -0.39 is 12.0 Å². The number of carbonyl (C=O) groups is 1. The molecule has 1 unspecified atom stereocenters. The molecule has 0 saturated carbocycles. The average Bonchev–Trinajstić information content (AvgIpc) is 3.04. The zero-order valence-corrected chi connectivity index (χ0v) is 24.1. The van der Waals surface area contributed by atoms with Gasteiger partial charge in [0.1, 0.15) is 11.6 Å². The number of para-hydroxylation sites is 1. The highest BCUT2D eigenvalue weighted by molar-refractivity contribution is 5.87. The summed E-state index contributed by atoms with van der Waals surface area (Å²) < 4.78 is 12.5. The first kappa shape index (κ1) is 28.8. The number of rotatable bonds is 11. The van der Waals surface area contributed by atoms with Gasteiger partial charge in [-0.3, -0.25) is 14.2 Å². The van der Waals surface area contributed by atoms with E-state index in [0.29, 0.717) is 47.7 Å². The zero-order valence-electron chi connectivity index (χ0n) is 24.1. The van der Waals surface area contributed by atoms with Crippen LogP contribution >= 0.6 is 0 Å². The molecule has 0 spiro atoms. The highest BCUT2D eigenvalue weighted by atomic mass is 16.5. The minimum Gasteiger partial charge on any atom is -0.497 e. The molecule has 0 N–H and O–H groups in total. The smallest absolute Gasteiger partial charge is 0.266 e. The van der Waals surface area contributed by atoms with Crippen molar-refractivity contribution in [2.45, 2.75) is 25.3 Å². The third-order valence-corrected chi connectivity index (χ3v) is 7.53. The molecule has 7 nitrogen and oxygen atoms in total. The van der Waals surface area contributed by atoms with Gasteiger partial charge in [0, 0.05) is 13.7 Å². The van der Waals surface area contributed by atoms with Crippen LogP contribution in [0, 0.1) is 0 Å². The molecule has 0 saturated heterocycles. The van der Waals surface area contributed by atoms with Crippen LogP contribution in [0.25, 0.3) is 16.6 Å². The maximum atomic E-state index is 14.7. The van der Waals surface area contributed by atoms with Crippen LogP contribution in [0.5, 0.6) is 5.75 Å². The molecule has 1 heterocycles. The number of hydrogen-bond acceptors (Lipinski definition) is 5. The highest BCUT2D eigenvalue weighted by Gasteiger charge is 2.34. The van der Waals surface area contributed by atoms with Gasteiger partial charge in [0.25, 0.3) is 5.56 Å². The van der Waals surface area contributed by atoms with Crippen LogP contribution in [0.15, 0.2) is 114 Å². The van der Waals surface area contributed by atoms with Crippen LogP contribution in [0.4, 0.5) is 0 Å². The minimum atomic E-state index is -0.542. The normalized spacial score (nSPS) is 11.9. The third kappa shape index (κ3) is 5.83. The Morgan fingerprint density at radius 1 is 0.833 bits per heavy atom. The fourth-order valence-electron chi connectivity index (χ4n) is 5.44. The first-order valence-corrected chi connectivity index (χ1v) is 14.1. The molecular formula is C35H35N3O4. The molecular weight excluding hydrogens is 526 g/mol. The monoisotopic (exact) mass is 561 g/mol. The predicted molar refractivity (Wildman–Crippen MR) is 165 cm³/mol. The zero-order chi connectivity index (χ0) is 29.5. The Hall–Kier alpha value is -4.75. The summed E-state index contributed by atoms with van der Waals surface area (Å²) in [5, 5.41) is 0.508. The summed E-state index contributed by atoms with van der Waals surface area (Å²) >= 11 is 0. The van der Waals surface area contributed by atoms with E-state index in [-0.39, 0.29) is 11.5 Å². The van der Waals surface area contributed by atoms with Crippen LogP contribution in [-0.2, 0) is 9.53 Å². The fourth-order valence-corrected chi connectivity index (χ4v) is 5.44. The number of nitrogens with zero attached hydrogens (tertiary/aromatic N) is 3. The Labute approximate surface area is 246 Å². The van der Waals surface area contributed by atoms with Gasteiger partial charge in [-0.15, -0.1) is 0 Å². The number of amides is 1. The second-order valence-corrected chi connectivity index (χ2v) is 10.0. The van der Waals surface area contributed by atoms with E-state index in [4.69, 9.17) is 14.5 Å². The summed E-state index contributed by atoms with van der Waals surface area (Å²) in [4.78, 5) is 35.7. The molecule has 5 rings (SSSR count). The predicted octanol–water partition coefficient (Wildman–Crippen LogP) is 6.15. The Balaban J connectivity index is 1.71. The number of ether oxygens (including phenoxy) is 2. The van der Waals surface area contributed by atoms with E-state index in [1.54, 1.807) is 24.9 Å². The molecule has 0 fully saturated rings. The largest absolute Gasteiger partial charge is 0.497 e. The lowest BCUT2D eigenvalue weighted by Crippen LogP contribution is -2.42. The lowest BCUT2D eigenvalue weighted by molar-refractivity contribution is -0.135. The van der Waals surface area contributed by atoms with Crippen molar-refractivity contribution in [1.29, 1.82) is 0 Å². The summed E-state index contributed by atoms with van der Waals surface area (Å²) in [5.74, 6) is 0.551. The Bertz CT molecular complexity index is 1650. The molecule has 1 aromatic heterocycles. The molecule has 1 amide bonds. The molecule has 214 valence electrons. The quantitative estimate of drug-likeness (QED) is 0.193. The maximum Gasteiger partial charge on any atom is 0.266 e. The summed E-state index contributed by atoms with van der Waals surface area (Å²) in [6.07, 6.45) is 0.534. The summed E-state index contributed by atoms with van der Waals surface area (Å²) in [6.45, 7) is 2.67. The number of benzene rings is 4. The molecule has 42 heavy (non-hydrogen) atoms. The first-order valence-electron chi connectivity index (χ1n) is 14.1. The Morgan fingerprint density at radius 2 is 1.43 bits per heavy atom. The number of carbonyl (C=O) groups excluding carboxylic acids is 1.